The van der Waals surface area contributed by atoms with Gasteiger partial charge in [-0.3, -0.25) is 0 Å². The zero-order valence-electron chi connectivity index (χ0n) is 7.64. The minimum atomic E-state index is -3.32. The molecular formula is C8H12N2O3S. The quantitative estimate of drug-likeness (QED) is 0.748. The van der Waals surface area contributed by atoms with Crippen molar-refractivity contribution < 1.29 is 12.8 Å². The molecule has 2 heterocycles. The minimum absolute atomic E-state index is 0.236. The van der Waals surface area contributed by atoms with Crippen molar-refractivity contribution in [2.75, 3.05) is 26.2 Å². The monoisotopic (exact) mass is 216 g/mol. The van der Waals surface area contributed by atoms with Gasteiger partial charge in [-0.05, 0) is 6.07 Å². The molecule has 1 fully saturated rings. The molecule has 0 amide bonds. The Hall–Kier alpha value is -0.850. The lowest BCUT2D eigenvalue weighted by atomic mass is 10.4. The first-order valence-electron chi connectivity index (χ1n) is 4.44. The highest BCUT2D eigenvalue weighted by Gasteiger charge is 2.26. The number of rotatable bonds is 2. The number of piperazine rings is 1. The zero-order chi connectivity index (χ0) is 10.0. The van der Waals surface area contributed by atoms with Crippen LogP contribution >= 0.6 is 0 Å². The van der Waals surface area contributed by atoms with E-state index in [9.17, 15) is 8.42 Å². The summed E-state index contributed by atoms with van der Waals surface area (Å²) in [6, 6.07) is 1.47. The first-order chi connectivity index (χ1) is 6.71. The fraction of sp³-hybridized carbons (Fsp3) is 0.500. The number of sulfonamides is 1. The Kier molecular flexibility index (Phi) is 2.58. The molecule has 0 aromatic carbocycles. The highest BCUT2D eigenvalue weighted by molar-refractivity contribution is 7.89. The van der Waals surface area contributed by atoms with E-state index in [4.69, 9.17) is 4.42 Å². The molecule has 1 aromatic heterocycles. The summed E-state index contributed by atoms with van der Waals surface area (Å²) in [5.74, 6) is 0. The van der Waals surface area contributed by atoms with E-state index in [0.29, 0.717) is 26.2 Å². The largest absolute Gasteiger partial charge is 0.471 e. The van der Waals surface area contributed by atoms with Gasteiger partial charge in [0, 0.05) is 26.2 Å². The van der Waals surface area contributed by atoms with Gasteiger partial charge in [0.1, 0.15) is 11.2 Å². The molecule has 5 nitrogen and oxygen atoms in total. The molecule has 1 N–H and O–H groups in total. The lowest BCUT2D eigenvalue weighted by Gasteiger charge is -2.25. The van der Waals surface area contributed by atoms with Crippen LogP contribution in [-0.2, 0) is 10.0 Å². The predicted octanol–water partition coefficient (Wildman–Crippen LogP) is -0.126. The minimum Gasteiger partial charge on any atom is -0.471 e. The third-order valence-electron chi connectivity index (χ3n) is 2.21. The number of furan rings is 1. The number of hydrogen-bond donors (Lipinski definition) is 1. The maximum Gasteiger partial charge on any atom is 0.246 e. The van der Waals surface area contributed by atoms with Gasteiger partial charge in [-0.2, -0.15) is 4.31 Å². The molecular weight excluding hydrogens is 204 g/mol. The summed E-state index contributed by atoms with van der Waals surface area (Å²) < 4.78 is 30.0. The van der Waals surface area contributed by atoms with Crippen LogP contribution in [0.3, 0.4) is 0 Å². The molecule has 1 aliphatic rings. The van der Waals surface area contributed by atoms with Crippen LogP contribution in [-0.4, -0.2) is 38.9 Å². The molecule has 1 aliphatic heterocycles. The van der Waals surface area contributed by atoms with Gasteiger partial charge in [0.15, 0.2) is 0 Å². The summed E-state index contributed by atoms with van der Waals surface area (Å²) in [5, 5.41) is 3.10. The summed E-state index contributed by atoms with van der Waals surface area (Å²) in [5.41, 5.74) is 0. The lowest BCUT2D eigenvalue weighted by molar-refractivity contribution is 0.360. The van der Waals surface area contributed by atoms with Crippen molar-refractivity contribution in [2.45, 2.75) is 4.90 Å². The van der Waals surface area contributed by atoms with E-state index in [0.717, 1.165) is 0 Å². The molecule has 1 aromatic rings. The fourth-order valence-electron chi connectivity index (χ4n) is 1.43. The predicted molar refractivity (Wildman–Crippen MR) is 50.3 cm³/mol. The van der Waals surface area contributed by atoms with Gasteiger partial charge in [0.25, 0.3) is 0 Å². The SMILES string of the molecule is O=S(=O)(c1ccoc1)N1CCNCC1. The maximum atomic E-state index is 11.9. The summed E-state index contributed by atoms with van der Waals surface area (Å²) in [7, 11) is -3.32. The van der Waals surface area contributed by atoms with Gasteiger partial charge >= 0.3 is 0 Å². The van der Waals surface area contributed by atoms with Crippen LogP contribution in [0.2, 0.25) is 0 Å². The molecule has 0 aliphatic carbocycles. The van der Waals surface area contributed by atoms with E-state index in [1.54, 1.807) is 0 Å². The highest BCUT2D eigenvalue weighted by Crippen LogP contribution is 2.15. The van der Waals surface area contributed by atoms with Crippen molar-refractivity contribution in [2.24, 2.45) is 0 Å². The van der Waals surface area contributed by atoms with Crippen LogP contribution in [0.25, 0.3) is 0 Å². The summed E-state index contributed by atoms with van der Waals surface area (Å²) in [6.45, 7) is 2.45. The molecule has 6 heteroatoms. The molecule has 0 atom stereocenters. The molecule has 0 unspecified atom stereocenters. The van der Waals surface area contributed by atoms with Crippen LogP contribution in [0.4, 0.5) is 0 Å². The van der Waals surface area contributed by atoms with E-state index < -0.39 is 10.0 Å². The Balaban J connectivity index is 2.23. The lowest BCUT2D eigenvalue weighted by Crippen LogP contribution is -2.46. The van der Waals surface area contributed by atoms with Crippen LogP contribution in [0.5, 0.6) is 0 Å². The maximum absolute atomic E-state index is 11.9. The second-order valence-corrected chi connectivity index (χ2v) is 5.05. The Bertz CT molecular complexity index is 379. The molecule has 0 bridgehead atoms. The summed E-state index contributed by atoms with van der Waals surface area (Å²) >= 11 is 0. The molecule has 2 rings (SSSR count). The van der Waals surface area contributed by atoms with Gasteiger partial charge in [-0.1, -0.05) is 0 Å². The summed E-state index contributed by atoms with van der Waals surface area (Å²) in [4.78, 5) is 0.236. The van der Waals surface area contributed by atoms with Crippen LogP contribution in [0, 0.1) is 0 Å². The third-order valence-corrected chi connectivity index (χ3v) is 4.08. The second-order valence-electron chi connectivity index (χ2n) is 3.11. The Morgan fingerprint density at radius 1 is 1.36 bits per heavy atom. The number of nitrogens with zero attached hydrogens (tertiary/aromatic N) is 1. The normalized spacial score (nSPS) is 19.7. The van der Waals surface area contributed by atoms with Gasteiger partial charge in [0.2, 0.25) is 10.0 Å². The van der Waals surface area contributed by atoms with Crippen molar-refractivity contribution in [1.82, 2.24) is 9.62 Å². The van der Waals surface area contributed by atoms with Crippen molar-refractivity contribution in [3.05, 3.63) is 18.6 Å². The van der Waals surface area contributed by atoms with Crippen LogP contribution in [0.1, 0.15) is 0 Å². The number of hydrogen-bond acceptors (Lipinski definition) is 4. The van der Waals surface area contributed by atoms with E-state index in [1.165, 1.54) is 22.9 Å². The summed E-state index contributed by atoms with van der Waals surface area (Å²) in [6.07, 6.45) is 2.63. The Morgan fingerprint density at radius 2 is 2.07 bits per heavy atom. The van der Waals surface area contributed by atoms with Gasteiger partial charge in [-0.25, -0.2) is 8.42 Å². The zero-order valence-corrected chi connectivity index (χ0v) is 8.46. The van der Waals surface area contributed by atoms with E-state index in [-0.39, 0.29) is 4.90 Å². The van der Waals surface area contributed by atoms with Crippen LogP contribution < -0.4 is 5.32 Å². The Labute approximate surface area is 82.8 Å². The van der Waals surface area contributed by atoms with Crippen molar-refractivity contribution in [1.29, 1.82) is 0 Å². The van der Waals surface area contributed by atoms with Crippen molar-refractivity contribution >= 4 is 10.0 Å². The van der Waals surface area contributed by atoms with Crippen molar-refractivity contribution in [3.63, 3.8) is 0 Å². The molecule has 78 valence electrons. The van der Waals surface area contributed by atoms with Crippen molar-refractivity contribution in [3.8, 4) is 0 Å². The molecule has 0 spiro atoms. The number of nitrogens with one attached hydrogen (secondary N) is 1. The molecule has 1 saturated heterocycles. The first-order valence-corrected chi connectivity index (χ1v) is 5.88. The average molecular weight is 216 g/mol. The smallest absolute Gasteiger partial charge is 0.246 e. The fourth-order valence-corrected chi connectivity index (χ4v) is 2.80. The highest BCUT2D eigenvalue weighted by atomic mass is 32.2. The standard InChI is InChI=1S/C8H12N2O3S/c11-14(12,8-1-6-13-7-8)10-4-2-9-3-5-10/h1,6-7,9H,2-5H2. The topological polar surface area (TPSA) is 62.6 Å². The third kappa shape index (κ3) is 1.68. The average Bonchev–Trinajstić information content (AvgIpc) is 2.72. The first kappa shape index (κ1) is 9.70. The Morgan fingerprint density at radius 3 is 2.64 bits per heavy atom. The molecule has 14 heavy (non-hydrogen) atoms. The van der Waals surface area contributed by atoms with Crippen LogP contribution in [0.15, 0.2) is 27.9 Å². The molecule has 0 saturated carbocycles. The van der Waals surface area contributed by atoms with E-state index in [1.807, 2.05) is 0 Å². The van der Waals surface area contributed by atoms with Gasteiger partial charge in [0.05, 0.1) is 6.26 Å². The van der Waals surface area contributed by atoms with E-state index >= 15 is 0 Å². The molecule has 0 radical (unpaired) electrons. The second kappa shape index (κ2) is 3.72. The van der Waals surface area contributed by atoms with Gasteiger partial charge in [-0.15, -0.1) is 0 Å². The van der Waals surface area contributed by atoms with Gasteiger partial charge < -0.3 is 9.73 Å². The van der Waals surface area contributed by atoms with E-state index in [2.05, 4.69) is 5.32 Å².